The van der Waals surface area contributed by atoms with E-state index >= 15 is 0 Å². The Balaban J connectivity index is 1.39. The van der Waals surface area contributed by atoms with Crippen LogP contribution >= 0.6 is 0 Å². The first-order valence-electron chi connectivity index (χ1n) is 8.97. The molecule has 25 heavy (non-hydrogen) atoms. The van der Waals surface area contributed by atoms with Crippen molar-refractivity contribution in [1.82, 2.24) is 30.1 Å². The van der Waals surface area contributed by atoms with Crippen LogP contribution in [0.1, 0.15) is 23.8 Å². The average Bonchev–Trinajstić information content (AvgIpc) is 3.16. The average molecular weight is 342 g/mol. The molecule has 7 nitrogen and oxygen atoms in total. The molecule has 0 atom stereocenters. The van der Waals surface area contributed by atoms with Crippen molar-refractivity contribution < 1.29 is 4.79 Å². The topological polar surface area (TPSA) is 66.3 Å². The molecule has 1 amide bonds. The van der Waals surface area contributed by atoms with E-state index in [1.54, 1.807) is 0 Å². The molecule has 0 aliphatic carbocycles. The Morgan fingerprint density at radius 2 is 1.84 bits per heavy atom. The fraction of sp³-hybridized carbons (Fsp3) is 0.500. The van der Waals surface area contributed by atoms with Crippen LogP contribution in [0.3, 0.4) is 0 Å². The lowest BCUT2D eigenvalue weighted by Crippen LogP contribution is -2.46. The van der Waals surface area contributed by atoms with Crippen LogP contribution in [0.2, 0.25) is 0 Å². The van der Waals surface area contributed by atoms with E-state index in [1.165, 1.54) is 11.0 Å². The van der Waals surface area contributed by atoms with Gasteiger partial charge in [-0.3, -0.25) is 4.79 Å². The minimum atomic E-state index is -0.169. The number of aromatic nitrogens is 3. The summed E-state index contributed by atoms with van der Waals surface area (Å²) in [5.41, 5.74) is 1.19. The Morgan fingerprint density at radius 3 is 2.56 bits per heavy atom. The molecule has 3 rings (SSSR count). The van der Waals surface area contributed by atoms with Gasteiger partial charge in [-0.15, -0.1) is 5.10 Å². The number of piperazine rings is 1. The van der Waals surface area contributed by atoms with Crippen molar-refractivity contribution in [3.63, 3.8) is 0 Å². The van der Waals surface area contributed by atoms with E-state index in [1.807, 2.05) is 30.3 Å². The standard InChI is InChI=1S/C18H26N6O/c1-2-22-11-13-23(14-12-22)10-6-9-19-18(25)17-15-20-24(21-17)16-7-4-3-5-8-16/h3-5,7-8,15H,2,6,9-14H2,1H3,(H,19,25). The van der Waals surface area contributed by atoms with Gasteiger partial charge >= 0.3 is 0 Å². The normalized spacial score (nSPS) is 16.0. The molecule has 1 aromatic carbocycles. The molecule has 1 N–H and O–H groups in total. The van der Waals surface area contributed by atoms with Crippen molar-refractivity contribution in [1.29, 1.82) is 0 Å². The van der Waals surface area contributed by atoms with E-state index in [0.717, 1.165) is 51.4 Å². The second kappa shape index (κ2) is 8.73. The minimum absolute atomic E-state index is 0.169. The Labute approximate surface area is 148 Å². The van der Waals surface area contributed by atoms with Crippen LogP contribution in [0.5, 0.6) is 0 Å². The van der Waals surface area contributed by atoms with Gasteiger partial charge in [0.15, 0.2) is 5.69 Å². The Kier molecular flexibility index (Phi) is 6.14. The lowest BCUT2D eigenvalue weighted by atomic mass is 10.3. The van der Waals surface area contributed by atoms with E-state index in [0.29, 0.717) is 12.2 Å². The number of nitrogens with one attached hydrogen (secondary N) is 1. The summed E-state index contributed by atoms with van der Waals surface area (Å²) in [6, 6.07) is 9.57. The number of nitrogens with zero attached hydrogens (tertiary/aromatic N) is 5. The SMILES string of the molecule is CCN1CCN(CCCNC(=O)c2cnn(-c3ccccc3)n2)CC1. The monoisotopic (exact) mass is 342 g/mol. The highest BCUT2D eigenvalue weighted by Crippen LogP contribution is 2.04. The predicted octanol–water partition coefficient (Wildman–Crippen LogP) is 1.02. The first-order chi connectivity index (χ1) is 12.3. The van der Waals surface area contributed by atoms with Gasteiger partial charge in [-0.25, -0.2) is 0 Å². The van der Waals surface area contributed by atoms with E-state index in [-0.39, 0.29) is 5.91 Å². The fourth-order valence-electron chi connectivity index (χ4n) is 2.98. The number of para-hydroxylation sites is 1. The smallest absolute Gasteiger partial charge is 0.273 e. The van der Waals surface area contributed by atoms with Crippen LogP contribution in [0.15, 0.2) is 36.5 Å². The van der Waals surface area contributed by atoms with Gasteiger partial charge in [-0.05, 0) is 31.6 Å². The number of carbonyl (C=O) groups is 1. The summed E-state index contributed by atoms with van der Waals surface area (Å²) in [7, 11) is 0. The number of hydrogen-bond donors (Lipinski definition) is 1. The van der Waals surface area contributed by atoms with Crippen molar-refractivity contribution in [3.8, 4) is 5.69 Å². The summed E-state index contributed by atoms with van der Waals surface area (Å²) in [6.45, 7) is 9.55. The summed E-state index contributed by atoms with van der Waals surface area (Å²) >= 11 is 0. The van der Waals surface area contributed by atoms with Crippen molar-refractivity contribution in [2.24, 2.45) is 0 Å². The number of hydrogen-bond acceptors (Lipinski definition) is 5. The molecule has 0 saturated carbocycles. The lowest BCUT2D eigenvalue weighted by molar-refractivity contribution is 0.0943. The van der Waals surface area contributed by atoms with E-state index in [2.05, 4.69) is 32.2 Å². The van der Waals surface area contributed by atoms with Gasteiger partial charge in [0.05, 0.1) is 11.9 Å². The molecule has 134 valence electrons. The van der Waals surface area contributed by atoms with Crippen LogP contribution in [0.4, 0.5) is 0 Å². The molecule has 7 heteroatoms. The molecule has 2 heterocycles. The van der Waals surface area contributed by atoms with Crippen molar-refractivity contribution in [3.05, 3.63) is 42.2 Å². The van der Waals surface area contributed by atoms with Crippen LogP contribution in [-0.4, -0.2) is 76.5 Å². The molecule has 1 fully saturated rings. The van der Waals surface area contributed by atoms with Crippen LogP contribution in [0.25, 0.3) is 5.69 Å². The molecular formula is C18H26N6O. The number of carbonyl (C=O) groups excluding carboxylic acids is 1. The van der Waals surface area contributed by atoms with Crippen LogP contribution in [-0.2, 0) is 0 Å². The summed E-state index contributed by atoms with van der Waals surface area (Å²) in [6.07, 6.45) is 2.46. The van der Waals surface area contributed by atoms with Gasteiger partial charge in [0.1, 0.15) is 0 Å². The number of likely N-dealkylation sites (N-methyl/N-ethyl adjacent to an activating group) is 1. The molecule has 0 unspecified atom stereocenters. The first-order valence-corrected chi connectivity index (χ1v) is 8.97. The second-order valence-electron chi connectivity index (χ2n) is 6.24. The molecule has 0 bridgehead atoms. The van der Waals surface area contributed by atoms with Gasteiger partial charge < -0.3 is 15.1 Å². The Hall–Kier alpha value is -2.25. The summed E-state index contributed by atoms with van der Waals surface area (Å²) in [5, 5.41) is 11.3. The molecule has 1 aliphatic heterocycles. The number of rotatable bonds is 7. The maximum absolute atomic E-state index is 12.2. The summed E-state index contributed by atoms with van der Waals surface area (Å²) in [5.74, 6) is -0.169. The predicted molar refractivity (Wildman–Crippen MR) is 96.9 cm³/mol. The minimum Gasteiger partial charge on any atom is -0.351 e. The molecular weight excluding hydrogens is 316 g/mol. The van der Waals surface area contributed by atoms with Gasteiger partial charge in [-0.1, -0.05) is 25.1 Å². The molecule has 1 aliphatic rings. The zero-order chi connectivity index (χ0) is 17.5. The maximum atomic E-state index is 12.2. The third-order valence-corrected chi connectivity index (χ3v) is 4.56. The molecule has 0 radical (unpaired) electrons. The Morgan fingerprint density at radius 1 is 1.12 bits per heavy atom. The highest BCUT2D eigenvalue weighted by atomic mass is 16.2. The molecule has 1 aromatic heterocycles. The van der Waals surface area contributed by atoms with Gasteiger partial charge in [0.2, 0.25) is 0 Å². The molecule has 0 spiro atoms. The third-order valence-electron chi connectivity index (χ3n) is 4.56. The van der Waals surface area contributed by atoms with Gasteiger partial charge in [0.25, 0.3) is 5.91 Å². The highest BCUT2D eigenvalue weighted by Gasteiger charge is 2.15. The maximum Gasteiger partial charge on any atom is 0.273 e. The number of benzene rings is 1. The zero-order valence-electron chi connectivity index (χ0n) is 14.8. The highest BCUT2D eigenvalue weighted by molar-refractivity contribution is 5.91. The third kappa shape index (κ3) is 4.87. The van der Waals surface area contributed by atoms with Gasteiger partial charge in [0, 0.05) is 32.7 Å². The van der Waals surface area contributed by atoms with Crippen molar-refractivity contribution in [2.45, 2.75) is 13.3 Å². The quantitative estimate of drug-likeness (QED) is 0.761. The van der Waals surface area contributed by atoms with Crippen LogP contribution < -0.4 is 5.32 Å². The lowest BCUT2D eigenvalue weighted by Gasteiger charge is -2.33. The molecule has 2 aromatic rings. The fourth-order valence-corrected chi connectivity index (χ4v) is 2.98. The first kappa shape index (κ1) is 17.6. The summed E-state index contributed by atoms with van der Waals surface area (Å²) < 4.78 is 0. The van der Waals surface area contributed by atoms with E-state index < -0.39 is 0 Å². The largest absolute Gasteiger partial charge is 0.351 e. The van der Waals surface area contributed by atoms with Crippen molar-refractivity contribution >= 4 is 5.91 Å². The summed E-state index contributed by atoms with van der Waals surface area (Å²) in [4.78, 5) is 18.6. The molecule has 1 saturated heterocycles. The zero-order valence-corrected chi connectivity index (χ0v) is 14.8. The van der Waals surface area contributed by atoms with Gasteiger partial charge in [-0.2, -0.15) is 9.90 Å². The van der Waals surface area contributed by atoms with Crippen molar-refractivity contribution in [2.75, 3.05) is 45.8 Å². The van der Waals surface area contributed by atoms with E-state index in [4.69, 9.17) is 0 Å². The number of amides is 1. The second-order valence-corrected chi connectivity index (χ2v) is 6.24. The van der Waals surface area contributed by atoms with Crippen LogP contribution in [0, 0.1) is 0 Å². The van der Waals surface area contributed by atoms with E-state index in [9.17, 15) is 4.79 Å². The Bertz CT molecular complexity index is 663.